The van der Waals surface area contributed by atoms with Gasteiger partial charge in [-0.2, -0.15) is 4.98 Å². The Kier molecular flexibility index (Phi) is 4.83. The number of fused-ring (bicyclic) bond motifs is 1. The third kappa shape index (κ3) is 3.73. The first-order valence-corrected chi connectivity index (χ1v) is 10.5. The van der Waals surface area contributed by atoms with Gasteiger partial charge in [0.25, 0.3) is 0 Å². The summed E-state index contributed by atoms with van der Waals surface area (Å²) in [6.07, 6.45) is 3.64. The Labute approximate surface area is 175 Å². The highest BCUT2D eigenvalue weighted by Crippen LogP contribution is 2.43. The van der Waals surface area contributed by atoms with Gasteiger partial charge in [-0.15, -0.1) is 0 Å². The predicted octanol–water partition coefficient (Wildman–Crippen LogP) is 6.29. The van der Waals surface area contributed by atoms with Gasteiger partial charge in [0, 0.05) is 5.69 Å². The van der Waals surface area contributed by atoms with E-state index in [-0.39, 0.29) is 11.6 Å². The van der Waals surface area contributed by atoms with Crippen molar-refractivity contribution < 1.29 is 4.42 Å². The van der Waals surface area contributed by atoms with E-state index in [2.05, 4.69) is 52.8 Å². The first-order chi connectivity index (χ1) is 14.7. The zero-order valence-electron chi connectivity index (χ0n) is 17.0. The fourth-order valence-electron chi connectivity index (χ4n) is 4.51. The van der Waals surface area contributed by atoms with Gasteiger partial charge in [-0.1, -0.05) is 48.5 Å². The first kappa shape index (κ1) is 18.6. The molecule has 150 valence electrons. The van der Waals surface area contributed by atoms with Crippen LogP contribution in [-0.2, 0) is 0 Å². The summed E-state index contributed by atoms with van der Waals surface area (Å²) in [6, 6.07) is 25.0. The molecule has 1 aromatic heterocycles. The second-order valence-corrected chi connectivity index (χ2v) is 8.19. The molecule has 0 bridgehead atoms. The van der Waals surface area contributed by atoms with Crippen LogP contribution < -0.4 is 10.9 Å². The molecule has 0 saturated heterocycles. The molecular weight excluding hydrogens is 372 g/mol. The average molecular weight is 396 g/mol. The Morgan fingerprint density at radius 1 is 0.900 bits per heavy atom. The fraction of sp³-hybridized carbons (Fsp3) is 0.231. The van der Waals surface area contributed by atoms with Crippen LogP contribution in [0.1, 0.15) is 47.8 Å². The molecule has 2 atom stereocenters. The SMILES string of the molecule is Cc1ccc2c(=O)oc(Nc3ccc(C4CCC(c5ccccc5)C4)cc3)nc2c1. The lowest BCUT2D eigenvalue weighted by Crippen LogP contribution is -2.05. The maximum atomic E-state index is 12.2. The first-order valence-electron chi connectivity index (χ1n) is 10.5. The maximum absolute atomic E-state index is 12.2. The van der Waals surface area contributed by atoms with Gasteiger partial charge in [0.1, 0.15) is 0 Å². The van der Waals surface area contributed by atoms with E-state index in [9.17, 15) is 4.79 Å². The summed E-state index contributed by atoms with van der Waals surface area (Å²) in [4.78, 5) is 16.7. The Hall–Kier alpha value is -3.40. The number of hydrogen-bond donors (Lipinski definition) is 1. The van der Waals surface area contributed by atoms with E-state index in [0.29, 0.717) is 22.7 Å². The minimum absolute atomic E-state index is 0.218. The number of hydrogen-bond acceptors (Lipinski definition) is 4. The normalized spacial score (nSPS) is 18.6. The molecule has 2 unspecified atom stereocenters. The van der Waals surface area contributed by atoms with Gasteiger partial charge >= 0.3 is 11.6 Å². The van der Waals surface area contributed by atoms with Crippen molar-refractivity contribution in [2.75, 3.05) is 5.32 Å². The third-order valence-electron chi connectivity index (χ3n) is 6.12. The lowest BCUT2D eigenvalue weighted by atomic mass is 9.93. The molecule has 1 aliphatic carbocycles. The fourth-order valence-corrected chi connectivity index (χ4v) is 4.51. The molecule has 1 aliphatic rings. The van der Waals surface area contributed by atoms with E-state index >= 15 is 0 Å². The summed E-state index contributed by atoms with van der Waals surface area (Å²) in [7, 11) is 0. The van der Waals surface area contributed by atoms with Crippen LogP contribution in [0.5, 0.6) is 0 Å². The van der Waals surface area contributed by atoms with Crippen molar-refractivity contribution in [1.82, 2.24) is 4.98 Å². The number of aromatic nitrogens is 1. The van der Waals surface area contributed by atoms with Crippen molar-refractivity contribution >= 4 is 22.6 Å². The predicted molar refractivity (Wildman–Crippen MR) is 121 cm³/mol. The molecule has 0 aliphatic heterocycles. The summed E-state index contributed by atoms with van der Waals surface area (Å²) < 4.78 is 5.35. The molecule has 4 nitrogen and oxygen atoms in total. The van der Waals surface area contributed by atoms with Crippen molar-refractivity contribution in [2.24, 2.45) is 0 Å². The Bertz CT molecular complexity index is 1230. The van der Waals surface area contributed by atoms with Gasteiger partial charge in [-0.05, 0) is 79.0 Å². The van der Waals surface area contributed by atoms with Gasteiger partial charge in [0.2, 0.25) is 0 Å². The van der Waals surface area contributed by atoms with Crippen LogP contribution in [-0.4, -0.2) is 4.98 Å². The van der Waals surface area contributed by atoms with E-state index in [4.69, 9.17) is 4.42 Å². The van der Waals surface area contributed by atoms with Crippen LogP contribution in [0.3, 0.4) is 0 Å². The van der Waals surface area contributed by atoms with Crippen LogP contribution in [0.2, 0.25) is 0 Å². The second-order valence-electron chi connectivity index (χ2n) is 8.19. The highest BCUT2D eigenvalue weighted by molar-refractivity contribution is 5.78. The van der Waals surface area contributed by atoms with Gasteiger partial charge in [-0.3, -0.25) is 0 Å². The van der Waals surface area contributed by atoms with E-state index in [0.717, 1.165) is 11.3 Å². The van der Waals surface area contributed by atoms with E-state index in [1.54, 1.807) is 6.07 Å². The monoisotopic (exact) mass is 396 g/mol. The number of nitrogens with one attached hydrogen (secondary N) is 1. The minimum Gasteiger partial charge on any atom is -0.388 e. The number of rotatable bonds is 4. The molecule has 1 fully saturated rings. The number of anilines is 2. The smallest absolute Gasteiger partial charge is 0.348 e. The quantitative estimate of drug-likeness (QED) is 0.440. The molecule has 4 heteroatoms. The van der Waals surface area contributed by atoms with Crippen molar-refractivity contribution in [3.8, 4) is 0 Å². The van der Waals surface area contributed by atoms with Crippen LogP contribution in [0, 0.1) is 6.92 Å². The second kappa shape index (κ2) is 7.79. The Balaban J connectivity index is 1.31. The van der Waals surface area contributed by atoms with Crippen molar-refractivity contribution in [3.05, 3.63) is 99.9 Å². The molecule has 0 amide bonds. The molecule has 0 spiro atoms. The summed E-state index contributed by atoms with van der Waals surface area (Å²) in [5.74, 6) is 1.23. The molecule has 0 radical (unpaired) electrons. The van der Waals surface area contributed by atoms with Gasteiger partial charge < -0.3 is 9.73 Å². The average Bonchev–Trinajstić information content (AvgIpc) is 3.25. The van der Waals surface area contributed by atoms with Crippen LogP contribution >= 0.6 is 0 Å². The van der Waals surface area contributed by atoms with Crippen molar-refractivity contribution in [1.29, 1.82) is 0 Å². The molecule has 5 rings (SSSR count). The number of nitrogens with zero attached hydrogens (tertiary/aromatic N) is 1. The molecule has 1 heterocycles. The largest absolute Gasteiger partial charge is 0.388 e. The molecule has 30 heavy (non-hydrogen) atoms. The standard InChI is InChI=1S/C26H24N2O2/c1-17-7-14-23-24(15-17)28-26(30-25(23)29)27-22-12-10-19(11-13-22)21-9-8-20(16-21)18-5-3-2-4-6-18/h2-7,10-15,20-21H,8-9,16H2,1H3,(H,27,28). The van der Waals surface area contributed by atoms with Crippen LogP contribution in [0.25, 0.3) is 10.9 Å². The van der Waals surface area contributed by atoms with E-state index in [1.807, 2.05) is 31.2 Å². The maximum Gasteiger partial charge on any atom is 0.348 e. The molecule has 3 aromatic carbocycles. The topological polar surface area (TPSA) is 55.1 Å². The summed E-state index contributed by atoms with van der Waals surface area (Å²) in [5, 5.41) is 3.63. The van der Waals surface area contributed by atoms with Crippen molar-refractivity contribution in [2.45, 2.75) is 38.0 Å². The lowest BCUT2D eigenvalue weighted by Gasteiger charge is -2.13. The van der Waals surface area contributed by atoms with Crippen LogP contribution in [0.15, 0.2) is 82.0 Å². The minimum atomic E-state index is -0.378. The zero-order valence-corrected chi connectivity index (χ0v) is 17.0. The highest BCUT2D eigenvalue weighted by Gasteiger charge is 2.26. The zero-order chi connectivity index (χ0) is 20.5. The van der Waals surface area contributed by atoms with Crippen molar-refractivity contribution in [3.63, 3.8) is 0 Å². The van der Waals surface area contributed by atoms with Gasteiger partial charge in [0.15, 0.2) is 0 Å². The molecular formula is C26H24N2O2. The number of aryl methyl sites for hydroxylation is 1. The number of benzene rings is 3. The molecule has 1 saturated carbocycles. The molecule has 1 N–H and O–H groups in total. The van der Waals surface area contributed by atoms with Crippen LogP contribution in [0.4, 0.5) is 11.7 Å². The highest BCUT2D eigenvalue weighted by atomic mass is 16.4. The lowest BCUT2D eigenvalue weighted by molar-refractivity contribution is 0.522. The Morgan fingerprint density at radius 3 is 2.33 bits per heavy atom. The summed E-state index contributed by atoms with van der Waals surface area (Å²) >= 11 is 0. The van der Waals surface area contributed by atoms with E-state index < -0.39 is 0 Å². The third-order valence-corrected chi connectivity index (χ3v) is 6.12. The molecule has 4 aromatic rings. The Morgan fingerprint density at radius 2 is 1.60 bits per heavy atom. The van der Waals surface area contributed by atoms with Gasteiger partial charge in [0.05, 0.1) is 10.9 Å². The summed E-state index contributed by atoms with van der Waals surface area (Å²) in [6.45, 7) is 1.98. The summed E-state index contributed by atoms with van der Waals surface area (Å²) in [5.41, 5.74) is 4.99. The van der Waals surface area contributed by atoms with E-state index in [1.165, 1.54) is 30.4 Å². The van der Waals surface area contributed by atoms with Gasteiger partial charge in [-0.25, -0.2) is 4.79 Å².